The maximum Gasteiger partial charge on any atom is 0.259 e. The number of hydrogen-bond acceptors (Lipinski definition) is 3. The van der Waals surface area contributed by atoms with Crippen molar-refractivity contribution in [2.24, 2.45) is 0 Å². The normalized spacial score (nSPS) is 14.6. The van der Waals surface area contributed by atoms with Crippen LogP contribution in [0.5, 0.6) is 5.75 Å². The molecule has 0 aliphatic carbocycles. The van der Waals surface area contributed by atoms with Crippen LogP contribution in [0, 0.1) is 11.6 Å². The van der Waals surface area contributed by atoms with E-state index in [2.05, 4.69) is 5.32 Å². The van der Waals surface area contributed by atoms with Crippen LogP contribution in [0.25, 0.3) is 0 Å². The highest BCUT2D eigenvalue weighted by Gasteiger charge is 2.23. The summed E-state index contributed by atoms with van der Waals surface area (Å²) in [6.07, 6.45) is 4.83. The Morgan fingerprint density at radius 1 is 0.967 bits per heavy atom. The first-order valence-electron chi connectivity index (χ1n) is 9.84. The van der Waals surface area contributed by atoms with Crippen molar-refractivity contribution in [3.05, 3.63) is 58.1 Å². The van der Waals surface area contributed by atoms with Crippen molar-refractivity contribution in [2.75, 3.05) is 25.5 Å². The number of benzene rings is 2. The minimum atomic E-state index is -0.980. The van der Waals surface area contributed by atoms with Crippen LogP contribution in [0.2, 0.25) is 5.02 Å². The first-order chi connectivity index (χ1) is 14.4. The maximum atomic E-state index is 14.4. The predicted molar refractivity (Wildman–Crippen MR) is 111 cm³/mol. The lowest BCUT2D eigenvalue weighted by atomic mass is 10.1. The van der Waals surface area contributed by atoms with Gasteiger partial charge in [-0.1, -0.05) is 30.9 Å². The highest BCUT2D eigenvalue weighted by molar-refractivity contribution is 6.31. The van der Waals surface area contributed by atoms with Crippen LogP contribution in [0.4, 0.5) is 14.5 Å². The van der Waals surface area contributed by atoms with E-state index in [1.807, 2.05) is 0 Å². The highest BCUT2D eigenvalue weighted by Crippen LogP contribution is 2.26. The molecule has 0 atom stereocenters. The molecule has 2 aromatic carbocycles. The first-order valence-corrected chi connectivity index (χ1v) is 10.2. The fraction of sp³-hybridized carbons (Fsp3) is 0.364. The molecule has 1 aliphatic heterocycles. The molecule has 160 valence electrons. The van der Waals surface area contributed by atoms with Gasteiger partial charge in [-0.25, -0.2) is 8.78 Å². The summed E-state index contributed by atoms with van der Waals surface area (Å²) >= 11 is 5.94. The summed E-state index contributed by atoms with van der Waals surface area (Å²) in [5.41, 5.74) is -0.477. The number of anilines is 1. The quantitative estimate of drug-likeness (QED) is 0.708. The molecule has 0 aromatic heterocycles. The van der Waals surface area contributed by atoms with Crippen LogP contribution in [0.3, 0.4) is 0 Å². The zero-order valence-electron chi connectivity index (χ0n) is 16.6. The molecule has 8 heteroatoms. The highest BCUT2D eigenvalue weighted by atomic mass is 35.5. The lowest BCUT2D eigenvalue weighted by molar-refractivity contribution is 0.0737. The van der Waals surface area contributed by atoms with Crippen LogP contribution in [0.15, 0.2) is 30.3 Å². The van der Waals surface area contributed by atoms with Crippen molar-refractivity contribution >= 4 is 29.1 Å². The molecule has 1 heterocycles. The molecule has 5 nitrogen and oxygen atoms in total. The second-order valence-electron chi connectivity index (χ2n) is 7.17. The van der Waals surface area contributed by atoms with Gasteiger partial charge < -0.3 is 15.0 Å². The topological polar surface area (TPSA) is 58.6 Å². The lowest BCUT2D eigenvalue weighted by Crippen LogP contribution is -2.34. The van der Waals surface area contributed by atoms with Gasteiger partial charge in [0.25, 0.3) is 11.8 Å². The van der Waals surface area contributed by atoms with Crippen molar-refractivity contribution < 1.29 is 23.1 Å². The van der Waals surface area contributed by atoms with Crippen LogP contribution < -0.4 is 10.1 Å². The Labute approximate surface area is 179 Å². The van der Waals surface area contributed by atoms with Gasteiger partial charge in [-0.3, -0.25) is 9.59 Å². The summed E-state index contributed by atoms with van der Waals surface area (Å²) in [4.78, 5) is 27.1. The molecule has 2 amide bonds. The van der Waals surface area contributed by atoms with E-state index in [1.54, 1.807) is 11.0 Å². The third-order valence-electron chi connectivity index (χ3n) is 5.08. The van der Waals surface area contributed by atoms with Crippen LogP contribution in [-0.2, 0) is 0 Å². The molecule has 1 fully saturated rings. The van der Waals surface area contributed by atoms with Crippen molar-refractivity contribution in [3.8, 4) is 5.75 Å². The van der Waals surface area contributed by atoms with Gasteiger partial charge in [0.15, 0.2) is 0 Å². The number of carbonyl (C=O) groups excluding carboxylic acids is 2. The minimum absolute atomic E-state index is 0.0883. The van der Waals surface area contributed by atoms with Gasteiger partial charge in [-0.15, -0.1) is 0 Å². The smallest absolute Gasteiger partial charge is 0.259 e. The van der Waals surface area contributed by atoms with Gasteiger partial charge in [0.1, 0.15) is 17.4 Å². The second-order valence-corrected chi connectivity index (χ2v) is 7.61. The lowest BCUT2D eigenvalue weighted by Gasteiger charge is -2.25. The maximum absolute atomic E-state index is 14.4. The number of nitrogens with zero attached hydrogens (tertiary/aromatic N) is 1. The van der Waals surface area contributed by atoms with Crippen molar-refractivity contribution in [3.63, 3.8) is 0 Å². The van der Waals surface area contributed by atoms with Crippen LogP contribution >= 0.6 is 11.6 Å². The summed E-state index contributed by atoms with van der Waals surface area (Å²) in [7, 11) is 1.39. The van der Waals surface area contributed by atoms with E-state index in [0.717, 1.165) is 38.2 Å². The van der Waals surface area contributed by atoms with Gasteiger partial charge in [0, 0.05) is 24.2 Å². The summed E-state index contributed by atoms with van der Waals surface area (Å²) in [5.74, 6) is -2.89. The molecule has 0 spiro atoms. The Morgan fingerprint density at radius 2 is 1.63 bits per heavy atom. The van der Waals surface area contributed by atoms with E-state index < -0.39 is 23.4 Å². The van der Waals surface area contributed by atoms with Crippen LogP contribution in [-0.4, -0.2) is 36.9 Å². The molecule has 2 aromatic rings. The molecule has 30 heavy (non-hydrogen) atoms. The molecule has 0 bridgehead atoms. The molecule has 0 radical (unpaired) electrons. The van der Waals surface area contributed by atoms with Gasteiger partial charge in [0.2, 0.25) is 0 Å². The Morgan fingerprint density at radius 3 is 2.30 bits per heavy atom. The van der Waals surface area contributed by atoms with Gasteiger partial charge >= 0.3 is 0 Å². The number of hydrogen-bond donors (Lipinski definition) is 1. The fourth-order valence-electron chi connectivity index (χ4n) is 3.48. The number of nitrogens with one attached hydrogen (secondary N) is 1. The largest absolute Gasteiger partial charge is 0.496 e. The number of likely N-dealkylation sites (tertiary alicyclic amines) is 1. The Kier molecular flexibility index (Phi) is 7.26. The van der Waals surface area contributed by atoms with E-state index in [0.29, 0.717) is 24.2 Å². The van der Waals surface area contributed by atoms with Crippen molar-refractivity contribution in [2.45, 2.75) is 32.1 Å². The average Bonchev–Trinajstić information content (AvgIpc) is 2.69. The third-order valence-corrected chi connectivity index (χ3v) is 5.32. The number of halogens is 3. The van der Waals surface area contributed by atoms with Gasteiger partial charge in [-0.2, -0.15) is 0 Å². The van der Waals surface area contributed by atoms with E-state index in [-0.39, 0.29) is 22.6 Å². The third kappa shape index (κ3) is 5.08. The van der Waals surface area contributed by atoms with Crippen LogP contribution in [0.1, 0.15) is 52.8 Å². The van der Waals surface area contributed by atoms with Crippen molar-refractivity contribution in [1.82, 2.24) is 4.90 Å². The zero-order valence-corrected chi connectivity index (χ0v) is 17.4. The van der Waals surface area contributed by atoms with Gasteiger partial charge in [-0.05, 0) is 37.1 Å². The first kappa shape index (κ1) is 22.0. The molecular formula is C22H23ClF2N2O3. The van der Waals surface area contributed by atoms with Crippen molar-refractivity contribution in [1.29, 1.82) is 0 Å². The predicted octanol–water partition coefficient (Wildman–Crippen LogP) is 5.29. The van der Waals surface area contributed by atoms with E-state index >= 15 is 0 Å². The standard InChI is InChI=1S/C22H23ClF2N2O3/c1-30-20-8-7-14(23)11-16(20)21(28)26-19-12-15(17(24)13-18(19)25)22(29)27-9-5-3-2-4-6-10-27/h7-8,11-13H,2-6,9-10H2,1H3,(H,26,28). The summed E-state index contributed by atoms with van der Waals surface area (Å²) in [6.45, 7) is 1.05. The van der Waals surface area contributed by atoms with E-state index in [4.69, 9.17) is 16.3 Å². The second kappa shape index (κ2) is 9.89. The summed E-state index contributed by atoms with van der Waals surface area (Å²) < 4.78 is 33.9. The molecule has 0 unspecified atom stereocenters. The van der Waals surface area contributed by atoms with E-state index in [9.17, 15) is 18.4 Å². The Balaban J connectivity index is 1.87. The molecule has 3 rings (SSSR count). The Hall–Kier alpha value is -2.67. The SMILES string of the molecule is COc1ccc(Cl)cc1C(=O)Nc1cc(C(=O)N2CCCCCCC2)c(F)cc1F. The monoisotopic (exact) mass is 436 g/mol. The molecule has 1 N–H and O–H groups in total. The van der Waals surface area contributed by atoms with E-state index in [1.165, 1.54) is 19.2 Å². The molecule has 0 saturated carbocycles. The average molecular weight is 437 g/mol. The number of amides is 2. The number of methoxy groups -OCH3 is 1. The molecular weight excluding hydrogens is 414 g/mol. The molecule has 1 saturated heterocycles. The number of rotatable bonds is 4. The fourth-order valence-corrected chi connectivity index (χ4v) is 3.65. The zero-order chi connectivity index (χ0) is 21.7. The number of ether oxygens (including phenoxy) is 1. The summed E-state index contributed by atoms with van der Waals surface area (Å²) in [6, 6.07) is 6.09. The minimum Gasteiger partial charge on any atom is -0.496 e. The van der Waals surface area contributed by atoms with Gasteiger partial charge in [0.05, 0.1) is 23.9 Å². The summed E-state index contributed by atoms with van der Waals surface area (Å²) in [5, 5.41) is 2.69. The Bertz CT molecular complexity index is 944. The number of carbonyl (C=O) groups is 2. The molecule has 1 aliphatic rings.